The molecule has 0 atom stereocenters. The molecule has 1 rings (SSSR count). The highest BCUT2D eigenvalue weighted by Gasteiger charge is 2.42. The molecule has 2 N–H and O–H groups in total. The predicted molar refractivity (Wildman–Crippen MR) is 63.5 cm³/mol. The number of nitro benzene ring substituents is 2. The van der Waals surface area contributed by atoms with E-state index in [1.54, 1.807) is 0 Å². The lowest BCUT2D eigenvalue weighted by atomic mass is 10.1. The van der Waals surface area contributed by atoms with Gasteiger partial charge in [-0.05, 0) is 0 Å². The number of hydrogen-bond donors (Lipinski definition) is 1. The van der Waals surface area contributed by atoms with Crippen LogP contribution in [0.2, 0.25) is 0 Å². The topological polar surface area (TPSA) is 116 Å². The first kappa shape index (κ1) is 15.5. The number of benzene rings is 1. The van der Waals surface area contributed by atoms with E-state index in [1.165, 1.54) is 0 Å². The van der Waals surface area contributed by atoms with Gasteiger partial charge in [-0.3, -0.25) is 20.2 Å². The van der Waals surface area contributed by atoms with E-state index in [9.17, 15) is 33.4 Å². The average Bonchev–Trinajstić information content (AvgIpc) is 2.25. The third kappa shape index (κ3) is 2.55. The standard InChI is InChI=1S/C9H9F3N4O4/c1-14(2)7-4(9(10,11)12)3-5(15(17)18)6(13)8(7)16(19)20/h3H,13H2,1-2H3. The molecule has 11 heteroatoms. The fourth-order valence-corrected chi connectivity index (χ4v) is 1.66. The summed E-state index contributed by atoms with van der Waals surface area (Å²) in [4.78, 5) is 20.1. The number of nitrogen functional groups attached to an aromatic ring is 1. The van der Waals surface area contributed by atoms with E-state index in [0.29, 0.717) is 0 Å². The summed E-state index contributed by atoms with van der Waals surface area (Å²) in [6.07, 6.45) is -5.00. The van der Waals surface area contributed by atoms with E-state index in [-0.39, 0.29) is 6.07 Å². The molecular formula is C9H9F3N4O4. The zero-order valence-corrected chi connectivity index (χ0v) is 10.3. The highest BCUT2D eigenvalue weighted by molar-refractivity contribution is 5.85. The van der Waals surface area contributed by atoms with Crippen molar-refractivity contribution in [3.63, 3.8) is 0 Å². The Hall–Kier alpha value is -2.59. The normalized spacial score (nSPS) is 11.2. The van der Waals surface area contributed by atoms with Crippen molar-refractivity contribution in [2.75, 3.05) is 24.7 Å². The van der Waals surface area contributed by atoms with Crippen LogP contribution in [0.4, 0.5) is 35.9 Å². The SMILES string of the molecule is CN(C)c1c(C(F)(F)F)cc([N+](=O)[O-])c(N)c1[N+](=O)[O-]. The van der Waals surface area contributed by atoms with E-state index in [1.807, 2.05) is 0 Å². The van der Waals surface area contributed by atoms with Gasteiger partial charge in [-0.2, -0.15) is 13.2 Å². The molecule has 0 heterocycles. The molecule has 0 unspecified atom stereocenters. The van der Waals surface area contributed by atoms with Crippen molar-refractivity contribution in [3.05, 3.63) is 31.9 Å². The summed E-state index contributed by atoms with van der Waals surface area (Å²) in [6, 6.07) is 0.192. The molecule has 0 saturated heterocycles. The number of nitrogens with zero attached hydrogens (tertiary/aromatic N) is 3. The minimum atomic E-state index is -5.00. The van der Waals surface area contributed by atoms with Gasteiger partial charge in [-0.15, -0.1) is 0 Å². The fourth-order valence-electron chi connectivity index (χ4n) is 1.66. The highest BCUT2D eigenvalue weighted by Crippen LogP contribution is 2.47. The second-order valence-corrected chi connectivity index (χ2v) is 3.96. The Morgan fingerprint density at radius 3 is 2.00 bits per heavy atom. The maximum absolute atomic E-state index is 12.9. The lowest BCUT2D eigenvalue weighted by Crippen LogP contribution is -2.20. The van der Waals surface area contributed by atoms with Crippen molar-refractivity contribution in [1.82, 2.24) is 0 Å². The predicted octanol–water partition coefficient (Wildman–Crippen LogP) is 2.17. The molecule has 0 fully saturated rings. The minimum absolute atomic E-state index is 0.192. The number of halogens is 3. The lowest BCUT2D eigenvalue weighted by Gasteiger charge is -2.19. The van der Waals surface area contributed by atoms with Crippen LogP contribution in [0.15, 0.2) is 6.07 Å². The third-order valence-corrected chi connectivity index (χ3v) is 2.42. The molecule has 0 amide bonds. The maximum atomic E-state index is 12.9. The highest BCUT2D eigenvalue weighted by atomic mass is 19.4. The molecule has 0 spiro atoms. The Balaban J connectivity index is 3.93. The van der Waals surface area contributed by atoms with E-state index in [4.69, 9.17) is 5.73 Å². The van der Waals surface area contributed by atoms with Crippen LogP contribution in [0.1, 0.15) is 5.56 Å². The van der Waals surface area contributed by atoms with E-state index >= 15 is 0 Å². The molecule has 0 aliphatic heterocycles. The summed E-state index contributed by atoms with van der Waals surface area (Å²) in [7, 11) is 2.28. The van der Waals surface area contributed by atoms with Gasteiger partial charge in [0.15, 0.2) is 5.69 Å². The van der Waals surface area contributed by atoms with Gasteiger partial charge < -0.3 is 10.6 Å². The largest absolute Gasteiger partial charge is 0.418 e. The van der Waals surface area contributed by atoms with Crippen LogP contribution >= 0.6 is 0 Å². The van der Waals surface area contributed by atoms with Gasteiger partial charge in [-0.1, -0.05) is 0 Å². The zero-order valence-electron chi connectivity index (χ0n) is 10.3. The molecule has 0 radical (unpaired) electrons. The average molecular weight is 294 g/mol. The Morgan fingerprint density at radius 1 is 1.20 bits per heavy atom. The summed E-state index contributed by atoms with van der Waals surface area (Å²) in [5.41, 5.74) is -0.280. The second-order valence-electron chi connectivity index (χ2n) is 3.96. The first-order chi connectivity index (χ1) is 8.98. The molecule has 20 heavy (non-hydrogen) atoms. The van der Waals surface area contributed by atoms with Crippen LogP contribution in [0, 0.1) is 20.2 Å². The Kier molecular flexibility index (Phi) is 3.73. The van der Waals surface area contributed by atoms with E-state index in [0.717, 1.165) is 19.0 Å². The number of alkyl halides is 3. The number of nitrogens with two attached hydrogens (primary N) is 1. The van der Waals surface area contributed by atoms with Gasteiger partial charge in [0.2, 0.25) is 0 Å². The van der Waals surface area contributed by atoms with Crippen LogP contribution in [-0.2, 0) is 6.18 Å². The molecule has 0 bridgehead atoms. The smallest absolute Gasteiger partial charge is 0.387 e. The Labute approximate surface area is 109 Å². The van der Waals surface area contributed by atoms with Crippen LogP contribution < -0.4 is 10.6 Å². The maximum Gasteiger partial charge on any atom is 0.418 e. The molecule has 0 saturated carbocycles. The monoisotopic (exact) mass is 294 g/mol. The van der Waals surface area contributed by atoms with Crippen molar-refractivity contribution in [3.8, 4) is 0 Å². The number of nitro groups is 2. The van der Waals surface area contributed by atoms with Gasteiger partial charge >= 0.3 is 11.9 Å². The van der Waals surface area contributed by atoms with Gasteiger partial charge in [0, 0.05) is 20.2 Å². The molecular weight excluding hydrogens is 285 g/mol. The molecule has 0 aliphatic rings. The van der Waals surface area contributed by atoms with Gasteiger partial charge in [0.25, 0.3) is 5.69 Å². The van der Waals surface area contributed by atoms with Crippen LogP contribution in [-0.4, -0.2) is 23.9 Å². The second kappa shape index (κ2) is 4.83. The van der Waals surface area contributed by atoms with Crippen LogP contribution in [0.25, 0.3) is 0 Å². The van der Waals surface area contributed by atoms with Gasteiger partial charge in [0.1, 0.15) is 5.69 Å². The fraction of sp³-hybridized carbons (Fsp3) is 0.333. The Morgan fingerprint density at radius 2 is 1.70 bits per heavy atom. The first-order valence-corrected chi connectivity index (χ1v) is 4.98. The molecule has 110 valence electrons. The summed E-state index contributed by atoms with van der Waals surface area (Å²) < 4.78 is 38.7. The van der Waals surface area contributed by atoms with E-state index in [2.05, 4.69) is 0 Å². The van der Waals surface area contributed by atoms with Gasteiger partial charge in [0.05, 0.1) is 15.4 Å². The number of anilines is 2. The van der Waals surface area contributed by atoms with Crippen LogP contribution in [0.5, 0.6) is 0 Å². The summed E-state index contributed by atoms with van der Waals surface area (Å²) >= 11 is 0. The molecule has 0 aromatic heterocycles. The minimum Gasteiger partial charge on any atom is -0.387 e. The summed E-state index contributed by atoms with van der Waals surface area (Å²) in [6.45, 7) is 0. The molecule has 1 aromatic rings. The van der Waals surface area contributed by atoms with Gasteiger partial charge in [-0.25, -0.2) is 0 Å². The number of rotatable bonds is 3. The zero-order chi connectivity index (χ0) is 15.8. The van der Waals surface area contributed by atoms with Crippen LogP contribution in [0.3, 0.4) is 0 Å². The summed E-state index contributed by atoms with van der Waals surface area (Å²) in [5.74, 6) is 0. The van der Waals surface area contributed by atoms with Crippen molar-refractivity contribution < 1.29 is 23.0 Å². The van der Waals surface area contributed by atoms with E-state index < -0.39 is 44.3 Å². The number of hydrogen-bond acceptors (Lipinski definition) is 6. The molecule has 1 aromatic carbocycles. The Bertz CT molecular complexity index is 586. The van der Waals surface area contributed by atoms with Crippen molar-refractivity contribution >= 4 is 22.7 Å². The van der Waals surface area contributed by atoms with Crippen molar-refractivity contribution in [2.45, 2.75) is 6.18 Å². The van der Waals surface area contributed by atoms with Crippen molar-refractivity contribution in [1.29, 1.82) is 0 Å². The first-order valence-electron chi connectivity index (χ1n) is 4.98. The summed E-state index contributed by atoms with van der Waals surface area (Å²) in [5, 5.41) is 21.6. The lowest BCUT2D eigenvalue weighted by molar-refractivity contribution is -0.392. The van der Waals surface area contributed by atoms with Crippen molar-refractivity contribution in [2.24, 2.45) is 0 Å². The third-order valence-electron chi connectivity index (χ3n) is 2.42. The quantitative estimate of drug-likeness (QED) is 0.519. The molecule has 8 nitrogen and oxygen atoms in total. The molecule has 0 aliphatic carbocycles.